The summed E-state index contributed by atoms with van der Waals surface area (Å²) in [4.78, 5) is 9.23. The average molecular weight is 248 g/mol. The first-order valence-electron chi connectivity index (χ1n) is 6.89. The second kappa shape index (κ2) is 5.12. The molecule has 0 aromatic carbocycles. The summed E-state index contributed by atoms with van der Waals surface area (Å²) in [6.45, 7) is 9.54. The Kier molecular flexibility index (Phi) is 3.73. The number of rotatable bonds is 5. The van der Waals surface area contributed by atoms with E-state index in [9.17, 15) is 0 Å². The molecule has 1 heterocycles. The lowest BCUT2D eigenvalue weighted by Gasteiger charge is -2.22. The number of anilines is 2. The van der Waals surface area contributed by atoms with Gasteiger partial charge in [-0.25, -0.2) is 9.97 Å². The molecule has 4 heteroatoms. The summed E-state index contributed by atoms with van der Waals surface area (Å²) in [5.74, 6) is 3.44. The van der Waals surface area contributed by atoms with Gasteiger partial charge in [-0.3, -0.25) is 0 Å². The summed E-state index contributed by atoms with van der Waals surface area (Å²) in [5.41, 5.74) is 0.0250. The zero-order valence-electron chi connectivity index (χ0n) is 11.9. The van der Waals surface area contributed by atoms with E-state index in [1.807, 2.05) is 6.07 Å². The molecule has 0 bridgehead atoms. The summed E-state index contributed by atoms with van der Waals surface area (Å²) in [6.07, 6.45) is 3.56. The van der Waals surface area contributed by atoms with Crippen LogP contribution < -0.4 is 10.6 Å². The second-order valence-corrected chi connectivity index (χ2v) is 6.07. The van der Waals surface area contributed by atoms with Crippen molar-refractivity contribution in [3.05, 3.63) is 11.9 Å². The van der Waals surface area contributed by atoms with Crippen molar-refractivity contribution in [2.24, 2.45) is 0 Å². The molecular weight excluding hydrogens is 224 g/mol. The van der Waals surface area contributed by atoms with E-state index in [-0.39, 0.29) is 5.54 Å². The second-order valence-electron chi connectivity index (χ2n) is 6.07. The molecule has 18 heavy (non-hydrogen) atoms. The molecular formula is C14H24N4. The summed E-state index contributed by atoms with van der Waals surface area (Å²) in [6, 6.07) is 2.01. The van der Waals surface area contributed by atoms with Crippen LogP contribution in [0.4, 0.5) is 11.6 Å². The van der Waals surface area contributed by atoms with Crippen molar-refractivity contribution in [1.82, 2.24) is 9.97 Å². The molecule has 1 aromatic heterocycles. The summed E-state index contributed by atoms with van der Waals surface area (Å²) < 4.78 is 0. The largest absolute Gasteiger partial charge is 0.370 e. The molecule has 0 unspecified atom stereocenters. The number of hydrogen-bond donors (Lipinski definition) is 2. The maximum atomic E-state index is 4.63. The monoisotopic (exact) mass is 248 g/mol. The van der Waals surface area contributed by atoms with Crippen molar-refractivity contribution in [3.63, 3.8) is 0 Å². The van der Waals surface area contributed by atoms with Crippen molar-refractivity contribution in [3.8, 4) is 0 Å². The van der Waals surface area contributed by atoms with Gasteiger partial charge in [0, 0.05) is 24.1 Å². The predicted molar refractivity (Wildman–Crippen MR) is 76.2 cm³/mol. The Morgan fingerprint density at radius 3 is 2.44 bits per heavy atom. The van der Waals surface area contributed by atoms with Crippen LogP contribution in [0.3, 0.4) is 0 Å². The predicted octanol–water partition coefficient (Wildman–Crippen LogP) is 3.39. The van der Waals surface area contributed by atoms with Crippen LogP contribution in [0.25, 0.3) is 0 Å². The normalized spacial score (nSPS) is 15.6. The van der Waals surface area contributed by atoms with E-state index in [1.54, 1.807) is 0 Å². The fourth-order valence-corrected chi connectivity index (χ4v) is 1.78. The number of aromatic nitrogens is 2. The van der Waals surface area contributed by atoms with E-state index in [4.69, 9.17) is 0 Å². The average Bonchev–Trinajstić information content (AvgIpc) is 3.07. The first-order valence-corrected chi connectivity index (χ1v) is 6.89. The van der Waals surface area contributed by atoms with Crippen LogP contribution in [0.5, 0.6) is 0 Å². The summed E-state index contributed by atoms with van der Waals surface area (Å²) >= 11 is 0. The Hall–Kier alpha value is -1.32. The minimum absolute atomic E-state index is 0.0250. The molecule has 0 amide bonds. The summed E-state index contributed by atoms with van der Waals surface area (Å²) in [7, 11) is 0. The molecule has 1 saturated carbocycles. The Morgan fingerprint density at radius 2 is 1.89 bits per heavy atom. The smallest absolute Gasteiger partial charge is 0.136 e. The molecule has 1 aromatic rings. The SMILES string of the molecule is CCCNc1cc(NC(C)(C)C)nc(C2CC2)n1. The Balaban J connectivity index is 2.19. The van der Waals surface area contributed by atoms with Crippen LogP contribution in [0.15, 0.2) is 6.07 Å². The lowest BCUT2D eigenvalue weighted by Crippen LogP contribution is -2.27. The number of nitrogens with zero attached hydrogens (tertiary/aromatic N) is 2. The highest BCUT2D eigenvalue weighted by atomic mass is 15.1. The highest BCUT2D eigenvalue weighted by molar-refractivity contribution is 5.49. The standard InChI is InChI=1S/C14H24N4/c1-5-8-15-11-9-12(18-14(2,3)4)17-13(16-11)10-6-7-10/h9-10H,5-8H2,1-4H3,(H2,15,16,17,18). The van der Waals surface area contributed by atoms with Crippen LogP contribution in [0.2, 0.25) is 0 Å². The zero-order valence-corrected chi connectivity index (χ0v) is 11.9. The van der Waals surface area contributed by atoms with Gasteiger partial charge in [0.15, 0.2) is 0 Å². The van der Waals surface area contributed by atoms with Crippen molar-refractivity contribution in [2.45, 2.75) is 58.4 Å². The fourth-order valence-electron chi connectivity index (χ4n) is 1.78. The molecule has 1 aliphatic rings. The molecule has 0 saturated heterocycles. The zero-order chi connectivity index (χ0) is 13.2. The third-order valence-corrected chi connectivity index (χ3v) is 2.75. The minimum Gasteiger partial charge on any atom is -0.370 e. The molecule has 4 nitrogen and oxygen atoms in total. The maximum Gasteiger partial charge on any atom is 0.136 e. The Morgan fingerprint density at radius 1 is 1.22 bits per heavy atom. The fraction of sp³-hybridized carbons (Fsp3) is 0.714. The van der Waals surface area contributed by atoms with Gasteiger partial charge in [-0.15, -0.1) is 0 Å². The van der Waals surface area contributed by atoms with E-state index in [0.29, 0.717) is 5.92 Å². The molecule has 0 aliphatic heterocycles. The van der Waals surface area contributed by atoms with E-state index < -0.39 is 0 Å². The maximum absolute atomic E-state index is 4.63. The van der Waals surface area contributed by atoms with Crippen molar-refractivity contribution < 1.29 is 0 Å². The third-order valence-electron chi connectivity index (χ3n) is 2.75. The lowest BCUT2D eigenvalue weighted by molar-refractivity contribution is 0.629. The van der Waals surface area contributed by atoms with Gasteiger partial charge < -0.3 is 10.6 Å². The highest BCUT2D eigenvalue weighted by Gasteiger charge is 2.27. The van der Waals surface area contributed by atoms with E-state index in [2.05, 4.69) is 48.3 Å². The topological polar surface area (TPSA) is 49.8 Å². The van der Waals surface area contributed by atoms with Crippen molar-refractivity contribution in [2.75, 3.05) is 17.2 Å². The van der Waals surface area contributed by atoms with Gasteiger partial charge in [-0.05, 0) is 40.0 Å². The van der Waals surface area contributed by atoms with Crippen molar-refractivity contribution in [1.29, 1.82) is 0 Å². The molecule has 0 atom stereocenters. The van der Waals surface area contributed by atoms with Gasteiger partial charge in [-0.2, -0.15) is 0 Å². The van der Waals surface area contributed by atoms with Crippen LogP contribution in [0.1, 0.15) is 58.7 Å². The number of hydrogen-bond acceptors (Lipinski definition) is 4. The molecule has 2 N–H and O–H groups in total. The van der Waals surface area contributed by atoms with E-state index in [1.165, 1.54) is 12.8 Å². The van der Waals surface area contributed by atoms with E-state index >= 15 is 0 Å². The van der Waals surface area contributed by atoms with E-state index in [0.717, 1.165) is 30.4 Å². The molecule has 0 spiro atoms. The summed E-state index contributed by atoms with van der Waals surface area (Å²) in [5, 5.41) is 6.78. The molecule has 1 fully saturated rings. The van der Waals surface area contributed by atoms with Gasteiger partial charge in [0.1, 0.15) is 17.5 Å². The quantitative estimate of drug-likeness (QED) is 0.838. The number of nitrogens with one attached hydrogen (secondary N) is 2. The lowest BCUT2D eigenvalue weighted by atomic mass is 10.1. The molecule has 2 rings (SSSR count). The van der Waals surface area contributed by atoms with Gasteiger partial charge in [0.05, 0.1) is 0 Å². The van der Waals surface area contributed by atoms with Crippen LogP contribution in [-0.2, 0) is 0 Å². The highest BCUT2D eigenvalue weighted by Crippen LogP contribution is 2.39. The minimum atomic E-state index is 0.0250. The molecule has 0 radical (unpaired) electrons. The molecule has 1 aliphatic carbocycles. The first kappa shape index (κ1) is 13.1. The van der Waals surface area contributed by atoms with Crippen LogP contribution in [-0.4, -0.2) is 22.1 Å². The van der Waals surface area contributed by atoms with Gasteiger partial charge in [0.2, 0.25) is 0 Å². The van der Waals surface area contributed by atoms with Crippen LogP contribution in [0, 0.1) is 0 Å². The third kappa shape index (κ3) is 3.86. The van der Waals surface area contributed by atoms with Gasteiger partial charge >= 0.3 is 0 Å². The van der Waals surface area contributed by atoms with Crippen molar-refractivity contribution >= 4 is 11.6 Å². The van der Waals surface area contributed by atoms with Gasteiger partial charge in [0.25, 0.3) is 0 Å². The first-order chi connectivity index (χ1) is 8.48. The van der Waals surface area contributed by atoms with Gasteiger partial charge in [-0.1, -0.05) is 6.92 Å². The van der Waals surface area contributed by atoms with Crippen LogP contribution >= 0.6 is 0 Å². The Bertz CT molecular complexity index is 405. The molecule has 100 valence electrons. The Labute approximate surface area is 110 Å².